The molecule has 0 spiro atoms. The second-order valence-electron chi connectivity index (χ2n) is 4.94. The van der Waals surface area contributed by atoms with Crippen LogP contribution in [0.2, 0.25) is 5.02 Å². The molecule has 4 nitrogen and oxygen atoms in total. The number of rotatable bonds is 4. The van der Waals surface area contributed by atoms with Crippen molar-refractivity contribution >= 4 is 21.6 Å². The predicted octanol–water partition coefficient (Wildman–Crippen LogP) is 2.05. The van der Waals surface area contributed by atoms with Crippen LogP contribution in [0, 0.1) is 0 Å². The Morgan fingerprint density at radius 3 is 2.61 bits per heavy atom. The first-order chi connectivity index (χ1) is 8.36. The van der Waals surface area contributed by atoms with Gasteiger partial charge in [0.15, 0.2) is 0 Å². The molecule has 100 valence electrons. The van der Waals surface area contributed by atoms with Gasteiger partial charge >= 0.3 is 0 Å². The number of aliphatic hydroxyl groups is 1. The van der Waals surface area contributed by atoms with Crippen molar-refractivity contribution in [1.82, 2.24) is 4.72 Å². The summed E-state index contributed by atoms with van der Waals surface area (Å²) >= 11 is 5.93. The average Bonchev–Trinajstić information content (AvgIpc) is 2.27. The Bertz CT molecular complexity index is 552. The number of sulfonamides is 1. The van der Waals surface area contributed by atoms with E-state index in [-0.39, 0.29) is 22.1 Å². The fourth-order valence-electron chi connectivity index (χ4n) is 2.04. The quantitative estimate of drug-likeness (QED) is 0.891. The summed E-state index contributed by atoms with van der Waals surface area (Å²) in [5, 5.41) is 9.22. The van der Waals surface area contributed by atoms with Crippen molar-refractivity contribution < 1.29 is 13.5 Å². The molecule has 1 aromatic rings. The minimum absolute atomic E-state index is 0.0313. The van der Waals surface area contributed by atoms with Crippen LogP contribution in [0.1, 0.15) is 31.7 Å². The van der Waals surface area contributed by atoms with Crippen molar-refractivity contribution in [3.8, 4) is 0 Å². The molecule has 6 heteroatoms. The van der Waals surface area contributed by atoms with Crippen LogP contribution >= 0.6 is 11.6 Å². The summed E-state index contributed by atoms with van der Waals surface area (Å²) in [5.74, 6) is 0. The summed E-state index contributed by atoms with van der Waals surface area (Å²) in [6.45, 7) is 1.68. The van der Waals surface area contributed by atoms with Gasteiger partial charge in [-0.05, 0) is 43.9 Å². The molecule has 1 saturated carbocycles. The Morgan fingerprint density at radius 1 is 1.44 bits per heavy atom. The van der Waals surface area contributed by atoms with Gasteiger partial charge in [0.25, 0.3) is 0 Å². The lowest BCUT2D eigenvalue weighted by atomic mass is 9.80. The number of hydrogen-bond acceptors (Lipinski definition) is 3. The maximum atomic E-state index is 12.3. The lowest BCUT2D eigenvalue weighted by Gasteiger charge is -2.38. The number of hydrogen-bond donors (Lipinski definition) is 2. The number of aliphatic hydroxyl groups excluding tert-OH is 1. The summed E-state index contributed by atoms with van der Waals surface area (Å²) in [6.07, 6.45) is 2.70. The first-order valence-electron chi connectivity index (χ1n) is 5.80. The molecule has 18 heavy (non-hydrogen) atoms. The fourth-order valence-corrected chi connectivity index (χ4v) is 4.06. The van der Waals surface area contributed by atoms with Crippen LogP contribution in [0.4, 0.5) is 0 Å². The number of nitrogens with one attached hydrogen (secondary N) is 1. The van der Waals surface area contributed by atoms with Crippen LogP contribution in [0.5, 0.6) is 0 Å². The molecule has 0 heterocycles. The van der Waals surface area contributed by atoms with Gasteiger partial charge in [0.2, 0.25) is 10.0 Å². The Labute approximate surface area is 112 Å². The van der Waals surface area contributed by atoms with Crippen LogP contribution in [0.3, 0.4) is 0 Å². The second kappa shape index (κ2) is 4.81. The molecule has 0 aromatic heterocycles. The third-order valence-electron chi connectivity index (χ3n) is 3.31. The molecule has 1 fully saturated rings. The highest BCUT2D eigenvalue weighted by Gasteiger charge is 2.36. The highest BCUT2D eigenvalue weighted by atomic mass is 35.5. The molecule has 1 aromatic carbocycles. The molecule has 0 unspecified atom stereocenters. The first-order valence-corrected chi connectivity index (χ1v) is 7.66. The molecular weight excluding hydrogens is 274 g/mol. The fraction of sp³-hybridized carbons (Fsp3) is 0.500. The van der Waals surface area contributed by atoms with Gasteiger partial charge in [0.1, 0.15) is 4.90 Å². The van der Waals surface area contributed by atoms with Crippen LogP contribution < -0.4 is 4.72 Å². The van der Waals surface area contributed by atoms with Crippen molar-refractivity contribution in [2.45, 2.75) is 43.2 Å². The van der Waals surface area contributed by atoms with E-state index >= 15 is 0 Å². The van der Waals surface area contributed by atoms with Crippen molar-refractivity contribution in [1.29, 1.82) is 0 Å². The van der Waals surface area contributed by atoms with Gasteiger partial charge in [0, 0.05) is 5.54 Å². The zero-order valence-electron chi connectivity index (χ0n) is 10.1. The van der Waals surface area contributed by atoms with E-state index in [1.54, 1.807) is 6.07 Å². The number of benzene rings is 1. The Balaban J connectivity index is 2.34. The normalized spacial score (nSPS) is 18.4. The monoisotopic (exact) mass is 289 g/mol. The molecule has 0 aliphatic heterocycles. The van der Waals surface area contributed by atoms with Crippen molar-refractivity contribution in [2.75, 3.05) is 0 Å². The molecule has 0 saturated heterocycles. The van der Waals surface area contributed by atoms with Crippen molar-refractivity contribution in [2.24, 2.45) is 0 Å². The van der Waals surface area contributed by atoms with E-state index in [9.17, 15) is 8.42 Å². The van der Waals surface area contributed by atoms with Gasteiger partial charge in [-0.1, -0.05) is 17.7 Å². The van der Waals surface area contributed by atoms with E-state index in [1.807, 2.05) is 6.92 Å². The summed E-state index contributed by atoms with van der Waals surface area (Å²) < 4.78 is 27.2. The van der Waals surface area contributed by atoms with Gasteiger partial charge < -0.3 is 5.11 Å². The predicted molar refractivity (Wildman–Crippen MR) is 70.0 cm³/mol. The van der Waals surface area contributed by atoms with E-state index in [2.05, 4.69) is 4.72 Å². The SMILES string of the molecule is CC1(NS(=O)(=O)c2cc(CO)ccc2Cl)CCC1. The van der Waals surface area contributed by atoms with Crippen LogP contribution in [0.15, 0.2) is 23.1 Å². The third-order valence-corrected chi connectivity index (χ3v) is 5.43. The minimum Gasteiger partial charge on any atom is -0.392 e. The topological polar surface area (TPSA) is 66.4 Å². The molecule has 0 radical (unpaired) electrons. The third kappa shape index (κ3) is 2.69. The zero-order chi connectivity index (χ0) is 13.4. The molecule has 0 bridgehead atoms. The van der Waals surface area contributed by atoms with E-state index in [4.69, 9.17) is 16.7 Å². The van der Waals surface area contributed by atoms with Gasteiger partial charge in [-0.25, -0.2) is 13.1 Å². The van der Waals surface area contributed by atoms with Gasteiger partial charge in [-0.3, -0.25) is 0 Å². The summed E-state index contributed by atoms with van der Waals surface area (Å²) in [4.78, 5) is 0.0313. The van der Waals surface area contributed by atoms with E-state index in [0.717, 1.165) is 19.3 Å². The highest BCUT2D eigenvalue weighted by molar-refractivity contribution is 7.89. The van der Waals surface area contributed by atoms with Crippen LogP contribution in [-0.2, 0) is 16.6 Å². The lowest BCUT2D eigenvalue weighted by molar-refractivity contribution is 0.248. The standard InChI is InChI=1S/C12H16ClNO3S/c1-12(5-2-6-12)14-18(16,17)11-7-9(8-15)3-4-10(11)13/h3-4,7,14-15H,2,5-6,8H2,1H3. The first kappa shape index (κ1) is 13.8. The molecular formula is C12H16ClNO3S. The maximum Gasteiger partial charge on any atom is 0.242 e. The average molecular weight is 290 g/mol. The lowest BCUT2D eigenvalue weighted by Crippen LogP contribution is -2.50. The van der Waals surface area contributed by atoms with Crippen LogP contribution in [0.25, 0.3) is 0 Å². The molecule has 1 aliphatic carbocycles. The van der Waals surface area contributed by atoms with E-state index in [1.165, 1.54) is 12.1 Å². The number of halogens is 1. The Morgan fingerprint density at radius 2 is 2.11 bits per heavy atom. The molecule has 0 amide bonds. The van der Waals surface area contributed by atoms with Gasteiger partial charge in [-0.2, -0.15) is 0 Å². The van der Waals surface area contributed by atoms with Crippen molar-refractivity contribution in [3.63, 3.8) is 0 Å². The summed E-state index contributed by atoms with van der Waals surface area (Å²) in [5.41, 5.74) is 0.163. The minimum atomic E-state index is -3.64. The van der Waals surface area contributed by atoms with Gasteiger partial charge in [0.05, 0.1) is 11.6 Å². The Hall–Kier alpha value is -0.620. The Kier molecular flexibility index (Phi) is 3.69. The molecule has 1 aliphatic rings. The van der Waals surface area contributed by atoms with Crippen molar-refractivity contribution in [3.05, 3.63) is 28.8 Å². The van der Waals surface area contributed by atoms with E-state index < -0.39 is 10.0 Å². The largest absolute Gasteiger partial charge is 0.392 e. The smallest absolute Gasteiger partial charge is 0.242 e. The zero-order valence-corrected chi connectivity index (χ0v) is 11.7. The molecule has 2 rings (SSSR count). The molecule has 2 N–H and O–H groups in total. The highest BCUT2D eigenvalue weighted by Crippen LogP contribution is 2.33. The van der Waals surface area contributed by atoms with Crippen LogP contribution in [-0.4, -0.2) is 19.1 Å². The second-order valence-corrected chi connectivity index (χ2v) is 7.00. The molecule has 0 atom stereocenters. The summed E-state index contributed by atoms with van der Waals surface area (Å²) in [7, 11) is -3.64. The van der Waals surface area contributed by atoms with E-state index in [0.29, 0.717) is 5.56 Å². The summed E-state index contributed by atoms with van der Waals surface area (Å²) in [6, 6.07) is 4.50. The van der Waals surface area contributed by atoms with Gasteiger partial charge in [-0.15, -0.1) is 0 Å². The maximum absolute atomic E-state index is 12.3.